The molecule has 0 saturated heterocycles. The SMILES string of the molecule is C=C(OC)c1sccc1C.CC.CCOCNCCNC1=CC(c2ccccc2O)=N/C(=C(/C=NC)CC)C1. The van der Waals surface area contributed by atoms with Crippen molar-refractivity contribution in [2.45, 2.75) is 47.5 Å². The van der Waals surface area contributed by atoms with E-state index in [2.05, 4.69) is 42.1 Å². The molecule has 0 bridgehead atoms. The van der Waals surface area contributed by atoms with Crippen LogP contribution in [-0.4, -0.2) is 57.6 Å². The normalized spacial score (nSPS) is 13.8. The summed E-state index contributed by atoms with van der Waals surface area (Å²) >= 11 is 1.66. The second-order valence-corrected chi connectivity index (χ2v) is 9.11. The third-order valence-corrected chi connectivity index (χ3v) is 6.62. The first-order chi connectivity index (χ1) is 18.9. The van der Waals surface area contributed by atoms with Crippen LogP contribution in [0.1, 0.15) is 56.5 Å². The zero-order chi connectivity index (χ0) is 29.0. The molecule has 0 fully saturated rings. The van der Waals surface area contributed by atoms with E-state index in [0.29, 0.717) is 13.3 Å². The van der Waals surface area contributed by atoms with Crippen LogP contribution in [0.25, 0.3) is 5.76 Å². The molecule has 0 unspecified atom stereocenters. The first kappa shape index (κ1) is 33.8. The number of aliphatic imine (C=N–C) groups is 2. The fourth-order valence-corrected chi connectivity index (χ4v) is 4.45. The fraction of sp³-hybridized carbons (Fsp3) is 0.419. The van der Waals surface area contributed by atoms with E-state index >= 15 is 0 Å². The van der Waals surface area contributed by atoms with Crippen LogP contribution in [-0.2, 0) is 9.47 Å². The van der Waals surface area contributed by atoms with Crippen molar-refractivity contribution in [3.63, 3.8) is 0 Å². The topological polar surface area (TPSA) is 87.5 Å². The second-order valence-electron chi connectivity index (χ2n) is 8.20. The van der Waals surface area contributed by atoms with E-state index in [1.54, 1.807) is 31.6 Å². The summed E-state index contributed by atoms with van der Waals surface area (Å²) in [5.74, 6) is 0.987. The molecule has 0 spiro atoms. The molecule has 0 aliphatic carbocycles. The maximum absolute atomic E-state index is 10.2. The number of rotatable bonds is 12. The predicted octanol–water partition coefficient (Wildman–Crippen LogP) is 6.71. The Morgan fingerprint density at radius 2 is 1.95 bits per heavy atom. The number of benzene rings is 1. The number of phenols is 1. The van der Waals surface area contributed by atoms with Crippen molar-refractivity contribution in [3.05, 3.63) is 81.3 Å². The summed E-state index contributed by atoms with van der Waals surface area (Å²) < 4.78 is 10.3. The lowest BCUT2D eigenvalue weighted by molar-refractivity contribution is 0.129. The molecule has 39 heavy (non-hydrogen) atoms. The Morgan fingerprint density at radius 3 is 2.54 bits per heavy atom. The summed E-state index contributed by atoms with van der Waals surface area (Å²) in [5, 5.41) is 19.0. The molecule has 2 aromatic rings. The maximum Gasteiger partial charge on any atom is 0.129 e. The van der Waals surface area contributed by atoms with E-state index < -0.39 is 0 Å². The largest absolute Gasteiger partial charge is 0.507 e. The summed E-state index contributed by atoms with van der Waals surface area (Å²) in [5.41, 5.74) is 5.88. The van der Waals surface area contributed by atoms with Crippen LogP contribution in [0.2, 0.25) is 0 Å². The van der Waals surface area contributed by atoms with Gasteiger partial charge in [0, 0.05) is 50.6 Å². The Morgan fingerprint density at radius 1 is 1.21 bits per heavy atom. The number of allylic oxidation sites excluding steroid dienone is 2. The van der Waals surface area contributed by atoms with Crippen LogP contribution in [0.4, 0.5) is 0 Å². The van der Waals surface area contributed by atoms with E-state index in [0.717, 1.165) is 64.8 Å². The highest BCUT2D eigenvalue weighted by molar-refractivity contribution is 7.11. The molecule has 0 radical (unpaired) electrons. The molecule has 1 aliphatic rings. The number of methoxy groups -OCH3 is 1. The first-order valence-electron chi connectivity index (χ1n) is 13.5. The van der Waals surface area contributed by atoms with Gasteiger partial charge < -0.3 is 19.9 Å². The van der Waals surface area contributed by atoms with Gasteiger partial charge in [-0.3, -0.25) is 15.3 Å². The minimum absolute atomic E-state index is 0.230. The Kier molecular flexibility index (Phi) is 17.2. The molecule has 3 rings (SSSR count). The average Bonchev–Trinajstić information content (AvgIpc) is 3.40. The number of ether oxygens (including phenoxy) is 2. The van der Waals surface area contributed by atoms with E-state index in [1.165, 1.54) is 5.56 Å². The van der Waals surface area contributed by atoms with Gasteiger partial charge in [0.2, 0.25) is 0 Å². The van der Waals surface area contributed by atoms with Crippen molar-refractivity contribution in [1.29, 1.82) is 0 Å². The lowest BCUT2D eigenvalue weighted by Crippen LogP contribution is -2.29. The molecule has 0 amide bonds. The highest BCUT2D eigenvalue weighted by Gasteiger charge is 2.17. The van der Waals surface area contributed by atoms with Gasteiger partial charge in [-0.15, -0.1) is 11.3 Å². The van der Waals surface area contributed by atoms with Crippen molar-refractivity contribution < 1.29 is 14.6 Å². The number of aryl methyl sites for hydroxylation is 1. The smallest absolute Gasteiger partial charge is 0.129 e. The van der Waals surface area contributed by atoms with Crippen LogP contribution in [0.3, 0.4) is 0 Å². The number of nitrogens with zero attached hydrogens (tertiary/aromatic N) is 2. The summed E-state index contributed by atoms with van der Waals surface area (Å²) in [7, 11) is 3.41. The fourth-order valence-electron chi connectivity index (χ4n) is 3.58. The van der Waals surface area contributed by atoms with Crippen LogP contribution in [0.5, 0.6) is 5.75 Å². The monoisotopic (exact) mass is 554 g/mol. The van der Waals surface area contributed by atoms with E-state index in [9.17, 15) is 5.11 Å². The number of hydrogen-bond donors (Lipinski definition) is 3. The molecule has 1 aliphatic heterocycles. The second kappa shape index (κ2) is 19.8. The number of hydrogen-bond acceptors (Lipinski definition) is 8. The van der Waals surface area contributed by atoms with Crippen molar-refractivity contribution >= 4 is 29.0 Å². The van der Waals surface area contributed by atoms with Crippen LogP contribution in [0, 0.1) is 6.92 Å². The number of nitrogens with one attached hydrogen (secondary N) is 2. The standard InChI is InChI=1S/C21H30N4O2.C8H10OS.C2H6/c1-4-16(14-22-3)19-12-17(24-11-10-23-15-27-5-2)13-20(25-19)18-8-6-7-9-21(18)26;1-6-4-5-10-8(6)7(2)9-3;1-2/h6-9,13-14,23-24,26H,4-5,10-12,15H2,1-3H3;4-5H,2H2,1,3H3;1-2H3/b19-16+,22-14?;;. The molecule has 214 valence electrons. The Bertz CT molecular complexity index is 1130. The van der Waals surface area contributed by atoms with Gasteiger partial charge in [-0.25, -0.2) is 0 Å². The van der Waals surface area contributed by atoms with Crippen LogP contribution in [0.15, 0.2) is 75.3 Å². The number of thiophene rings is 1. The molecule has 3 N–H and O–H groups in total. The molecule has 7 nitrogen and oxygen atoms in total. The zero-order valence-corrected chi connectivity index (χ0v) is 25.5. The Labute approximate surface area is 239 Å². The van der Waals surface area contributed by atoms with Gasteiger partial charge in [0.05, 0.1) is 30.1 Å². The molecular weight excluding hydrogens is 508 g/mol. The van der Waals surface area contributed by atoms with Crippen molar-refractivity contribution in [2.24, 2.45) is 9.98 Å². The highest BCUT2D eigenvalue weighted by atomic mass is 32.1. The highest BCUT2D eigenvalue weighted by Crippen LogP contribution is 2.27. The lowest BCUT2D eigenvalue weighted by atomic mass is 10.0. The minimum Gasteiger partial charge on any atom is -0.507 e. The summed E-state index contributed by atoms with van der Waals surface area (Å²) in [6.45, 7) is 16.7. The van der Waals surface area contributed by atoms with Crippen molar-refractivity contribution in [1.82, 2.24) is 10.6 Å². The van der Waals surface area contributed by atoms with Gasteiger partial charge in [0.25, 0.3) is 0 Å². The third-order valence-electron chi connectivity index (χ3n) is 5.56. The molecule has 0 atom stereocenters. The van der Waals surface area contributed by atoms with E-state index in [-0.39, 0.29) is 5.75 Å². The Balaban J connectivity index is 0.000000528. The summed E-state index contributed by atoms with van der Waals surface area (Å²) in [6, 6.07) is 9.34. The molecule has 8 heteroatoms. The number of para-hydroxylation sites is 1. The lowest BCUT2D eigenvalue weighted by Gasteiger charge is -2.20. The zero-order valence-electron chi connectivity index (χ0n) is 24.6. The van der Waals surface area contributed by atoms with Crippen molar-refractivity contribution in [3.8, 4) is 5.75 Å². The summed E-state index contributed by atoms with van der Waals surface area (Å²) in [6.07, 6.45) is 5.45. The molecule has 2 heterocycles. The minimum atomic E-state index is 0.230. The third kappa shape index (κ3) is 11.6. The number of phenolic OH excluding ortho intramolecular Hbond substituents is 1. The van der Waals surface area contributed by atoms with Gasteiger partial charge in [0.1, 0.15) is 11.5 Å². The summed E-state index contributed by atoms with van der Waals surface area (Å²) in [4.78, 5) is 10.1. The molecule has 0 saturated carbocycles. The van der Waals surface area contributed by atoms with Crippen molar-refractivity contribution in [2.75, 3.05) is 40.6 Å². The Hall–Kier alpha value is -3.20. The molecular formula is C31H46N4O3S. The molecule has 1 aromatic heterocycles. The van der Waals surface area contributed by atoms with Gasteiger partial charge >= 0.3 is 0 Å². The van der Waals surface area contributed by atoms with Crippen LogP contribution >= 0.6 is 11.3 Å². The first-order valence-corrected chi connectivity index (χ1v) is 14.3. The maximum atomic E-state index is 10.2. The average molecular weight is 555 g/mol. The number of aromatic hydroxyl groups is 1. The number of dihydropyridines is 1. The van der Waals surface area contributed by atoms with Gasteiger partial charge in [-0.05, 0) is 61.1 Å². The molecule has 1 aromatic carbocycles. The van der Waals surface area contributed by atoms with Crippen LogP contribution < -0.4 is 10.6 Å². The predicted molar refractivity (Wildman–Crippen MR) is 168 cm³/mol. The van der Waals surface area contributed by atoms with Gasteiger partial charge in [-0.1, -0.05) is 39.5 Å². The quantitative estimate of drug-likeness (QED) is 0.118. The van der Waals surface area contributed by atoms with Gasteiger partial charge in [-0.2, -0.15) is 0 Å². The van der Waals surface area contributed by atoms with E-state index in [1.807, 2.05) is 56.6 Å². The van der Waals surface area contributed by atoms with E-state index in [4.69, 9.17) is 14.5 Å². The van der Waals surface area contributed by atoms with Gasteiger partial charge in [0.15, 0.2) is 0 Å².